The average molecular weight is 339 g/mol. The number of nitrogens with zero attached hydrogens (tertiary/aromatic N) is 3. The van der Waals surface area contributed by atoms with Crippen molar-refractivity contribution >= 4 is 11.6 Å². The van der Waals surface area contributed by atoms with Gasteiger partial charge in [-0.15, -0.1) is 0 Å². The summed E-state index contributed by atoms with van der Waals surface area (Å²) in [6, 6.07) is 9.99. The molecule has 3 rings (SSSR count). The number of benzene rings is 1. The lowest BCUT2D eigenvalue weighted by molar-refractivity contribution is -0.136. The van der Waals surface area contributed by atoms with Crippen LogP contribution in [0.5, 0.6) is 0 Å². The van der Waals surface area contributed by atoms with Crippen LogP contribution in [0, 0.1) is 13.8 Å². The number of carboxylic acids is 1. The second-order valence-corrected chi connectivity index (χ2v) is 6.01. The Morgan fingerprint density at radius 3 is 2.60 bits per heavy atom. The van der Waals surface area contributed by atoms with E-state index in [2.05, 4.69) is 5.10 Å². The molecule has 130 valence electrons. The fourth-order valence-corrected chi connectivity index (χ4v) is 3.14. The topological polar surface area (TPSA) is 76.7 Å². The van der Waals surface area contributed by atoms with E-state index in [1.165, 1.54) is 0 Å². The molecule has 3 aromatic rings. The molecule has 0 aliphatic rings. The number of fused-ring (bicyclic) bond motifs is 1. The molecule has 0 amide bonds. The Kier molecular flexibility index (Phi) is 4.81. The number of rotatable bonds is 6. The molecule has 2 aromatic heterocycles. The summed E-state index contributed by atoms with van der Waals surface area (Å²) in [6.45, 7) is 4.26. The van der Waals surface area contributed by atoms with Crippen LogP contribution >= 0.6 is 0 Å². The van der Waals surface area contributed by atoms with Gasteiger partial charge in [-0.05, 0) is 31.4 Å². The molecule has 2 heterocycles. The maximum atomic E-state index is 10.9. The molecule has 0 bridgehead atoms. The Bertz CT molecular complexity index is 917. The van der Waals surface area contributed by atoms with Crippen molar-refractivity contribution in [1.29, 1.82) is 0 Å². The van der Waals surface area contributed by atoms with Crippen molar-refractivity contribution in [3.05, 3.63) is 53.0 Å². The molecule has 0 atom stereocenters. The number of hydrogen-bond donors (Lipinski definition) is 1. The largest absolute Gasteiger partial charge is 0.481 e. The molecule has 6 nitrogen and oxygen atoms in total. The first kappa shape index (κ1) is 17.1. The fourth-order valence-electron chi connectivity index (χ4n) is 3.14. The lowest BCUT2D eigenvalue weighted by Crippen LogP contribution is -2.08. The molecule has 0 fully saturated rings. The number of aryl methyl sites for hydroxylation is 2. The predicted octanol–water partition coefficient (Wildman–Crippen LogP) is 3.18. The monoisotopic (exact) mass is 339 g/mol. The third-order valence-corrected chi connectivity index (χ3v) is 4.33. The Balaban J connectivity index is 2.22. The van der Waals surface area contributed by atoms with Crippen molar-refractivity contribution in [1.82, 2.24) is 14.6 Å². The third kappa shape index (κ3) is 3.25. The molecule has 6 heteroatoms. The lowest BCUT2D eigenvalue weighted by Gasteiger charge is -2.10. The van der Waals surface area contributed by atoms with E-state index < -0.39 is 5.97 Å². The first-order valence-electron chi connectivity index (χ1n) is 8.16. The zero-order valence-electron chi connectivity index (χ0n) is 14.6. The Morgan fingerprint density at radius 2 is 1.96 bits per heavy atom. The number of ether oxygens (including phenoxy) is 1. The molecular weight excluding hydrogens is 318 g/mol. The zero-order chi connectivity index (χ0) is 18.0. The van der Waals surface area contributed by atoms with Crippen LogP contribution in [-0.2, 0) is 22.6 Å². The van der Waals surface area contributed by atoms with Gasteiger partial charge in [-0.25, -0.2) is 9.50 Å². The van der Waals surface area contributed by atoms with E-state index in [0.717, 1.165) is 39.4 Å². The van der Waals surface area contributed by atoms with Crippen molar-refractivity contribution in [2.75, 3.05) is 7.11 Å². The highest BCUT2D eigenvalue weighted by Crippen LogP contribution is 2.30. The highest BCUT2D eigenvalue weighted by Gasteiger charge is 2.20. The molecule has 0 spiro atoms. The van der Waals surface area contributed by atoms with Gasteiger partial charge < -0.3 is 9.84 Å². The maximum absolute atomic E-state index is 10.9. The highest BCUT2D eigenvalue weighted by atomic mass is 16.5. The average Bonchev–Trinajstić information content (AvgIpc) is 2.94. The number of carbonyl (C=O) groups is 1. The predicted molar refractivity (Wildman–Crippen MR) is 94.6 cm³/mol. The standard InChI is InChI=1S/C19H21N3O3/c1-12-15(9-10-17(23)24)13(2)22-19(20-12)18(16(21-22)11-25-3)14-7-5-4-6-8-14/h4-8H,9-11H2,1-3H3,(H,23,24). The van der Waals surface area contributed by atoms with E-state index in [1.54, 1.807) is 11.6 Å². The maximum Gasteiger partial charge on any atom is 0.303 e. The number of aromatic nitrogens is 3. The molecule has 0 saturated carbocycles. The third-order valence-electron chi connectivity index (χ3n) is 4.33. The van der Waals surface area contributed by atoms with Gasteiger partial charge in [0, 0.05) is 24.9 Å². The van der Waals surface area contributed by atoms with Crippen LogP contribution in [0.3, 0.4) is 0 Å². The van der Waals surface area contributed by atoms with Crippen molar-refractivity contribution in [3.8, 4) is 11.1 Å². The minimum absolute atomic E-state index is 0.0760. The van der Waals surface area contributed by atoms with Gasteiger partial charge in [-0.1, -0.05) is 30.3 Å². The highest BCUT2D eigenvalue weighted by molar-refractivity contribution is 5.80. The molecule has 0 unspecified atom stereocenters. The Labute approximate surface area is 146 Å². The minimum atomic E-state index is -0.815. The second-order valence-electron chi connectivity index (χ2n) is 6.01. The molecule has 0 saturated heterocycles. The van der Waals surface area contributed by atoms with Gasteiger partial charge in [0.25, 0.3) is 0 Å². The van der Waals surface area contributed by atoms with Crippen LogP contribution in [0.2, 0.25) is 0 Å². The summed E-state index contributed by atoms with van der Waals surface area (Å²) in [5, 5.41) is 13.7. The first-order chi connectivity index (χ1) is 12.0. The van der Waals surface area contributed by atoms with Crippen molar-refractivity contribution in [2.24, 2.45) is 0 Å². The summed E-state index contributed by atoms with van der Waals surface area (Å²) in [4.78, 5) is 15.7. The SMILES string of the molecule is COCc1nn2c(C)c(CCC(=O)O)c(C)nc2c1-c1ccccc1. The van der Waals surface area contributed by atoms with E-state index >= 15 is 0 Å². The van der Waals surface area contributed by atoms with Crippen LogP contribution in [0.25, 0.3) is 16.8 Å². The summed E-state index contributed by atoms with van der Waals surface area (Å²) in [7, 11) is 1.64. The van der Waals surface area contributed by atoms with E-state index in [1.807, 2.05) is 44.2 Å². The summed E-state index contributed by atoms with van der Waals surface area (Å²) >= 11 is 0. The van der Waals surface area contributed by atoms with E-state index in [4.69, 9.17) is 14.8 Å². The Hall–Kier alpha value is -2.73. The van der Waals surface area contributed by atoms with E-state index in [9.17, 15) is 4.79 Å². The van der Waals surface area contributed by atoms with E-state index in [0.29, 0.717) is 13.0 Å². The van der Waals surface area contributed by atoms with Crippen LogP contribution in [0.1, 0.15) is 29.1 Å². The molecule has 1 N–H and O–H groups in total. The smallest absolute Gasteiger partial charge is 0.303 e. The van der Waals surface area contributed by atoms with Gasteiger partial charge in [0.15, 0.2) is 5.65 Å². The van der Waals surface area contributed by atoms with Gasteiger partial charge in [0.1, 0.15) is 0 Å². The summed E-state index contributed by atoms with van der Waals surface area (Å²) in [6.07, 6.45) is 0.517. The number of methoxy groups -OCH3 is 1. The minimum Gasteiger partial charge on any atom is -0.481 e. The summed E-state index contributed by atoms with van der Waals surface area (Å²) < 4.78 is 7.12. The normalized spacial score (nSPS) is 11.2. The quantitative estimate of drug-likeness (QED) is 0.746. The van der Waals surface area contributed by atoms with Crippen molar-refractivity contribution in [3.63, 3.8) is 0 Å². The van der Waals surface area contributed by atoms with Gasteiger partial charge in [-0.3, -0.25) is 4.79 Å². The van der Waals surface area contributed by atoms with Crippen molar-refractivity contribution in [2.45, 2.75) is 33.3 Å². The van der Waals surface area contributed by atoms with Gasteiger partial charge in [0.2, 0.25) is 0 Å². The van der Waals surface area contributed by atoms with Crippen LogP contribution < -0.4 is 0 Å². The molecular formula is C19H21N3O3. The molecule has 0 aliphatic heterocycles. The van der Waals surface area contributed by atoms with Gasteiger partial charge in [0.05, 0.1) is 17.9 Å². The molecule has 1 aromatic carbocycles. The van der Waals surface area contributed by atoms with Crippen LogP contribution in [-0.4, -0.2) is 32.8 Å². The molecule has 0 radical (unpaired) electrons. The van der Waals surface area contributed by atoms with Gasteiger partial charge in [-0.2, -0.15) is 5.10 Å². The fraction of sp³-hybridized carbons (Fsp3) is 0.316. The van der Waals surface area contributed by atoms with Crippen LogP contribution in [0.4, 0.5) is 0 Å². The number of carboxylic acid groups (broad SMARTS) is 1. The summed E-state index contributed by atoms with van der Waals surface area (Å²) in [5.41, 5.74) is 6.27. The summed E-state index contributed by atoms with van der Waals surface area (Å²) in [5.74, 6) is -0.815. The second kappa shape index (κ2) is 7.03. The van der Waals surface area contributed by atoms with Crippen molar-refractivity contribution < 1.29 is 14.6 Å². The molecule has 25 heavy (non-hydrogen) atoms. The van der Waals surface area contributed by atoms with E-state index in [-0.39, 0.29) is 6.42 Å². The number of aliphatic carboxylic acids is 1. The lowest BCUT2D eigenvalue weighted by atomic mass is 10.0. The van der Waals surface area contributed by atoms with Crippen LogP contribution in [0.15, 0.2) is 30.3 Å². The first-order valence-corrected chi connectivity index (χ1v) is 8.16. The number of hydrogen-bond acceptors (Lipinski definition) is 4. The zero-order valence-corrected chi connectivity index (χ0v) is 14.6. The molecule has 0 aliphatic carbocycles. The Morgan fingerprint density at radius 1 is 1.24 bits per heavy atom. The van der Waals surface area contributed by atoms with Gasteiger partial charge >= 0.3 is 5.97 Å².